The van der Waals surface area contributed by atoms with Crippen molar-refractivity contribution in [1.82, 2.24) is 4.72 Å². The molecule has 1 aliphatic rings. The predicted molar refractivity (Wildman–Crippen MR) is 46.1 cm³/mol. The maximum Gasteiger partial charge on any atom is 0.220 e. The Morgan fingerprint density at radius 3 is 2.33 bits per heavy atom. The molecule has 0 radical (unpaired) electrons. The van der Waals surface area contributed by atoms with Crippen LogP contribution in [0.25, 0.3) is 0 Å². The molecule has 1 aliphatic heterocycles. The van der Waals surface area contributed by atoms with Gasteiger partial charge in [0.15, 0.2) is 0 Å². The van der Waals surface area contributed by atoms with Crippen molar-refractivity contribution in [3.05, 3.63) is 35.9 Å². The second-order valence-electron chi connectivity index (χ2n) is 2.79. The molecule has 0 aliphatic carbocycles. The zero-order valence-electron chi connectivity index (χ0n) is 6.40. The first-order chi connectivity index (χ1) is 5.70. The first-order valence-corrected chi connectivity index (χ1v) is 5.28. The summed E-state index contributed by atoms with van der Waals surface area (Å²) in [5.41, 5.74) is 0.872. The third kappa shape index (κ3) is 1.13. The summed E-state index contributed by atoms with van der Waals surface area (Å²) in [5.74, 6) is 0. The van der Waals surface area contributed by atoms with E-state index in [-0.39, 0.29) is 5.25 Å². The lowest BCUT2D eigenvalue weighted by Crippen LogP contribution is -2.45. The highest BCUT2D eigenvalue weighted by atomic mass is 32.2. The van der Waals surface area contributed by atoms with E-state index in [4.69, 9.17) is 0 Å². The summed E-state index contributed by atoms with van der Waals surface area (Å²) < 4.78 is 24.6. The summed E-state index contributed by atoms with van der Waals surface area (Å²) in [6.45, 7) is 0.534. The van der Waals surface area contributed by atoms with Crippen LogP contribution in [0, 0.1) is 0 Å². The Morgan fingerprint density at radius 1 is 1.25 bits per heavy atom. The molecular weight excluding hydrogens is 174 g/mol. The van der Waals surface area contributed by atoms with Gasteiger partial charge in [0.05, 0.1) is 0 Å². The van der Waals surface area contributed by atoms with Crippen LogP contribution in [0.4, 0.5) is 0 Å². The molecule has 0 saturated carbocycles. The normalized spacial score (nSPS) is 26.2. The van der Waals surface area contributed by atoms with Crippen LogP contribution in [-0.2, 0) is 10.0 Å². The van der Waals surface area contributed by atoms with Gasteiger partial charge in [-0.3, -0.25) is 0 Å². The maximum atomic E-state index is 11.1. The smallest absolute Gasteiger partial charge is 0.213 e. The molecule has 1 aromatic rings. The first kappa shape index (κ1) is 7.76. The Balaban J connectivity index is 2.34. The van der Waals surface area contributed by atoms with E-state index < -0.39 is 10.0 Å². The molecule has 0 amide bonds. The molecule has 12 heavy (non-hydrogen) atoms. The Bertz CT molecular complexity index is 371. The zero-order chi connectivity index (χ0) is 8.60. The van der Waals surface area contributed by atoms with E-state index in [2.05, 4.69) is 4.72 Å². The third-order valence-electron chi connectivity index (χ3n) is 2.02. The molecule has 64 valence electrons. The molecule has 1 aromatic carbocycles. The molecule has 1 heterocycles. The lowest BCUT2D eigenvalue weighted by Gasteiger charge is -2.27. The van der Waals surface area contributed by atoms with Crippen LogP contribution in [0.3, 0.4) is 0 Å². The third-order valence-corrected chi connectivity index (χ3v) is 3.77. The van der Waals surface area contributed by atoms with Gasteiger partial charge in [-0.15, -0.1) is 0 Å². The minimum absolute atomic E-state index is 0.335. The van der Waals surface area contributed by atoms with E-state index >= 15 is 0 Å². The van der Waals surface area contributed by atoms with Crippen molar-refractivity contribution in [1.29, 1.82) is 0 Å². The van der Waals surface area contributed by atoms with Crippen molar-refractivity contribution in [3.8, 4) is 0 Å². The van der Waals surface area contributed by atoms with Crippen molar-refractivity contribution in [3.63, 3.8) is 0 Å². The Morgan fingerprint density at radius 2 is 1.92 bits per heavy atom. The summed E-state index contributed by atoms with van der Waals surface area (Å²) in [7, 11) is -3.03. The zero-order valence-corrected chi connectivity index (χ0v) is 7.21. The molecule has 0 aromatic heterocycles. The average molecular weight is 183 g/mol. The van der Waals surface area contributed by atoms with Crippen LogP contribution in [-0.4, -0.2) is 15.0 Å². The largest absolute Gasteiger partial charge is 0.220 e. The van der Waals surface area contributed by atoms with Crippen LogP contribution in [0.1, 0.15) is 10.8 Å². The van der Waals surface area contributed by atoms with Gasteiger partial charge in [-0.2, -0.15) is 0 Å². The van der Waals surface area contributed by atoms with Gasteiger partial charge in [0, 0.05) is 6.54 Å². The van der Waals surface area contributed by atoms with Crippen molar-refractivity contribution in [2.24, 2.45) is 0 Å². The maximum absolute atomic E-state index is 11.1. The summed E-state index contributed by atoms with van der Waals surface area (Å²) in [6.07, 6.45) is 0. The molecule has 1 N–H and O–H groups in total. The standard InChI is InChI=1S/C8H9NO2S/c10-12(11)8(6-9-12)7-4-2-1-3-5-7/h1-5,8-9H,6H2. The van der Waals surface area contributed by atoms with E-state index in [0.717, 1.165) is 5.56 Å². The number of nitrogens with one attached hydrogen (secondary N) is 1. The van der Waals surface area contributed by atoms with Gasteiger partial charge < -0.3 is 0 Å². The highest BCUT2D eigenvalue weighted by Crippen LogP contribution is 2.26. The predicted octanol–water partition coefficient (Wildman–Crippen LogP) is 0.661. The van der Waals surface area contributed by atoms with Gasteiger partial charge in [0.25, 0.3) is 0 Å². The fourth-order valence-corrected chi connectivity index (χ4v) is 2.39. The number of benzene rings is 1. The van der Waals surface area contributed by atoms with Crippen LogP contribution in [0.2, 0.25) is 0 Å². The second-order valence-corrected chi connectivity index (χ2v) is 4.74. The first-order valence-electron chi connectivity index (χ1n) is 3.73. The second kappa shape index (κ2) is 2.57. The number of hydrogen-bond donors (Lipinski definition) is 1. The minimum atomic E-state index is -3.03. The van der Waals surface area contributed by atoms with E-state index in [0.29, 0.717) is 6.54 Å². The van der Waals surface area contributed by atoms with Crippen LogP contribution >= 0.6 is 0 Å². The highest BCUT2D eigenvalue weighted by molar-refractivity contribution is 7.91. The van der Waals surface area contributed by atoms with Crippen molar-refractivity contribution in [2.75, 3.05) is 6.54 Å². The molecule has 1 unspecified atom stereocenters. The lowest BCUT2D eigenvalue weighted by atomic mass is 10.1. The average Bonchev–Trinajstić information content (AvgIpc) is 2.05. The van der Waals surface area contributed by atoms with E-state index in [1.807, 2.05) is 30.3 Å². The summed E-state index contributed by atoms with van der Waals surface area (Å²) in [5, 5.41) is -0.335. The molecule has 0 spiro atoms. The van der Waals surface area contributed by atoms with E-state index in [9.17, 15) is 8.42 Å². The van der Waals surface area contributed by atoms with Crippen LogP contribution in [0.5, 0.6) is 0 Å². The Labute approximate surface area is 71.5 Å². The molecular formula is C8H9NO2S. The van der Waals surface area contributed by atoms with E-state index in [1.165, 1.54) is 0 Å². The number of rotatable bonds is 1. The summed E-state index contributed by atoms with van der Waals surface area (Å²) >= 11 is 0. The summed E-state index contributed by atoms with van der Waals surface area (Å²) in [4.78, 5) is 0. The molecule has 1 atom stereocenters. The van der Waals surface area contributed by atoms with Gasteiger partial charge in [0.1, 0.15) is 5.25 Å². The fraction of sp³-hybridized carbons (Fsp3) is 0.250. The summed E-state index contributed by atoms with van der Waals surface area (Å²) in [6, 6.07) is 9.25. The van der Waals surface area contributed by atoms with Gasteiger partial charge >= 0.3 is 0 Å². The lowest BCUT2D eigenvalue weighted by molar-refractivity contribution is 0.536. The topological polar surface area (TPSA) is 46.2 Å². The molecule has 1 saturated heterocycles. The monoisotopic (exact) mass is 183 g/mol. The molecule has 4 heteroatoms. The Hall–Kier alpha value is -0.870. The van der Waals surface area contributed by atoms with Crippen molar-refractivity contribution in [2.45, 2.75) is 5.25 Å². The Kier molecular flexibility index (Phi) is 1.66. The van der Waals surface area contributed by atoms with Gasteiger partial charge in [0.2, 0.25) is 10.0 Å². The van der Waals surface area contributed by atoms with Gasteiger partial charge in [-0.25, -0.2) is 13.1 Å². The van der Waals surface area contributed by atoms with E-state index in [1.54, 1.807) is 0 Å². The van der Waals surface area contributed by atoms with Crippen molar-refractivity contribution < 1.29 is 8.42 Å². The molecule has 0 bridgehead atoms. The molecule has 1 fully saturated rings. The van der Waals surface area contributed by atoms with Crippen molar-refractivity contribution >= 4 is 10.0 Å². The number of sulfonamides is 1. The highest BCUT2D eigenvalue weighted by Gasteiger charge is 2.35. The van der Waals surface area contributed by atoms with Gasteiger partial charge in [-0.1, -0.05) is 30.3 Å². The minimum Gasteiger partial charge on any atom is -0.213 e. The van der Waals surface area contributed by atoms with Gasteiger partial charge in [-0.05, 0) is 5.56 Å². The number of hydrogen-bond acceptors (Lipinski definition) is 2. The molecule has 3 nitrogen and oxygen atoms in total. The SMILES string of the molecule is O=S1(=O)NCC1c1ccccc1. The fourth-order valence-electron chi connectivity index (χ4n) is 1.27. The van der Waals surface area contributed by atoms with Crippen LogP contribution < -0.4 is 4.72 Å². The van der Waals surface area contributed by atoms with Crippen LogP contribution in [0.15, 0.2) is 30.3 Å². The molecule has 2 rings (SSSR count). The quantitative estimate of drug-likeness (QED) is 0.695.